The fourth-order valence-corrected chi connectivity index (χ4v) is 4.63. The molecule has 0 aliphatic heterocycles. The second-order valence-electron chi connectivity index (χ2n) is 7.36. The summed E-state index contributed by atoms with van der Waals surface area (Å²) in [6, 6.07) is 12.1. The van der Waals surface area contributed by atoms with Crippen molar-refractivity contribution in [2.75, 3.05) is 10.6 Å². The summed E-state index contributed by atoms with van der Waals surface area (Å²) in [5.74, 6) is -2.91. The number of aliphatic carboxylic acids is 1. The van der Waals surface area contributed by atoms with Crippen molar-refractivity contribution in [1.82, 2.24) is 0 Å². The molecule has 1 aliphatic rings. The molecule has 0 bridgehead atoms. The minimum absolute atomic E-state index is 0.244. The zero-order chi connectivity index (χ0) is 23.3. The van der Waals surface area contributed by atoms with Crippen LogP contribution in [0.1, 0.15) is 19.8 Å². The number of carboxylic acid groups (broad SMARTS) is 1. The fourth-order valence-electron chi connectivity index (χ4n) is 3.35. The Morgan fingerprint density at radius 1 is 1.03 bits per heavy atom. The lowest BCUT2D eigenvalue weighted by atomic mass is 9.82. The van der Waals surface area contributed by atoms with Crippen LogP contribution >= 0.6 is 35.0 Å². The molecule has 2 aromatic rings. The Morgan fingerprint density at radius 3 is 2.44 bits per heavy atom. The van der Waals surface area contributed by atoms with Crippen molar-refractivity contribution in [2.24, 2.45) is 11.8 Å². The van der Waals surface area contributed by atoms with Crippen molar-refractivity contribution in [3.05, 3.63) is 64.7 Å². The van der Waals surface area contributed by atoms with E-state index in [-0.39, 0.29) is 16.8 Å². The number of benzene rings is 2. The van der Waals surface area contributed by atoms with Crippen LogP contribution in [0.5, 0.6) is 0 Å². The maximum atomic E-state index is 12.7. The molecule has 0 radical (unpaired) electrons. The number of nitrogens with one attached hydrogen (secondary N) is 2. The second-order valence-corrected chi connectivity index (χ2v) is 9.56. The van der Waals surface area contributed by atoms with Gasteiger partial charge in [0.25, 0.3) is 0 Å². The molecule has 9 heteroatoms. The maximum absolute atomic E-state index is 12.7. The van der Waals surface area contributed by atoms with Gasteiger partial charge in [-0.25, -0.2) is 0 Å². The van der Waals surface area contributed by atoms with Crippen LogP contribution in [-0.4, -0.2) is 28.1 Å². The Kier molecular flexibility index (Phi) is 8.23. The highest BCUT2D eigenvalue weighted by Crippen LogP contribution is 2.32. The summed E-state index contributed by atoms with van der Waals surface area (Å²) < 4.78 is 0. The van der Waals surface area contributed by atoms with Crippen molar-refractivity contribution in [3.8, 4) is 0 Å². The summed E-state index contributed by atoms with van der Waals surface area (Å²) in [5.41, 5.74) is 0.983. The third-order valence-electron chi connectivity index (χ3n) is 5.08. The normalized spacial score (nSPS) is 18.6. The first-order chi connectivity index (χ1) is 15.3. The predicted octanol–water partition coefficient (Wildman–Crippen LogP) is 5.72. The number of anilines is 2. The first-order valence-electron chi connectivity index (χ1n) is 9.96. The Balaban J connectivity index is 1.63. The maximum Gasteiger partial charge on any atom is 0.307 e. The number of amides is 2. The molecule has 0 spiro atoms. The molecular weight excluding hydrogens is 471 g/mol. The smallest absolute Gasteiger partial charge is 0.307 e. The van der Waals surface area contributed by atoms with Crippen molar-refractivity contribution < 1.29 is 19.5 Å². The third kappa shape index (κ3) is 6.06. The molecule has 0 aromatic heterocycles. The van der Waals surface area contributed by atoms with E-state index < -0.39 is 23.1 Å². The molecule has 0 saturated heterocycles. The van der Waals surface area contributed by atoms with Gasteiger partial charge in [-0.15, -0.1) is 11.8 Å². The van der Waals surface area contributed by atoms with Crippen LogP contribution in [0.2, 0.25) is 10.0 Å². The van der Waals surface area contributed by atoms with Crippen molar-refractivity contribution in [1.29, 1.82) is 0 Å². The molecule has 3 unspecified atom stereocenters. The van der Waals surface area contributed by atoms with Gasteiger partial charge < -0.3 is 15.7 Å². The number of hydrogen-bond donors (Lipinski definition) is 3. The predicted molar refractivity (Wildman–Crippen MR) is 128 cm³/mol. The van der Waals surface area contributed by atoms with E-state index in [0.29, 0.717) is 29.2 Å². The monoisotopic (exact) mass is 492 g/mol. The molecule has 168 valence electrons. The Labute approximate surface area is 200 Å². The number of halogens is 2. The molecule has 6 nitrogen and oxygen atoms in total. The minimum Gasteiger partial charge on any atom is -0.481 e. The second kappa shape index (κ2) is 10.9. The number of carboxylic acids is 1. The molecule has 3 atom stereocenters. The van der Waals surface area contributed by atoms with Gasteiger partial charge >= 0.3 is 5.97 Å². The molecule has 3 N–H and O–H groups in total. The molecule has 1 aliphatic carbocycles. The van der Waals surface area contributed by atoms with Gasteiger partial charge in [0.1, 0.15) is 0 Å². The van der Waals surface area contributed by atoms with Crippen LogP contribution in [0.4, 0.5) is 11.4 Å². The van der Waals surface area contributed by atoms with Crippen LogP contribution in [0.3, 0.4) is 0 Å². The number of carbonyl (C=O) groups excluding carboxylic acids is 2. The van der Waals surface area contributed by atoms with E-state index in [2.05, 4.69) is 10.6 Å². The van der Waals surface area contributed by atoms with E-state index in [4.69, 9.17) is 23.2 Å². The Morgan fingerprint density at radius 2 is 1.72 bits per heavy atom. The summed E-state index contributed by atoms with van der Waals surface area (Å²) in [5, 5.41) is 15.1. The fraction of sp³-hybridized carbons (Fsp3) is 0.261. The number of rotatable bonds is 7. The van der Waals surface area contributed by atoms with E-state index in [1.165, 1.54) is 11.8 Å². The molecule has 0 fully saturated rings. The van der Waals surface area contributed by atoms with Crippen LogP contribution in [0.25, 0.3) is 0 Å². The molecule has 32 heavy (non-hydrogen) atoms. The summed E-state index contributed by atoms with van der Waals surface area (Å²) >= 11 is 13.4. The number of hydrogen-bond acceptors (Lipinski definition) is 4. The number of carbonyl (C=O) groups is 3. The van der Waals surface area contributed by atoms with Gasteiger partial charge in [-0.2, -0.15) is 0 Å². The Hall–Kier alpha value is -2.48. The Bertz CT molecular complexity index is 1060. The van der Waals surface area contributed by atoms with E-state index in [1.807, 2.05) is 12.1 Å². The van der Waals surface area contributed by atoms with Crippen LogP contribution in [-0.2, 0) is 14.4 Å². The molecular formula is C23H22Cl2N2O4S. The third-order valence-corrected chi connectivity index (χ3v) is 6.99. The lowest BCUT2D eigenvalue weighted by Gasteiger charge is -2.24. The number of allylic oxidation sites excluding steroid dienone is 2. The molecule has 3 rings (SSSR count). The lowest BCUT2D eigenvalue weighted by Crippen LogP contribution is -2.34. The van der Waals surface area contributed by atoms with Crippen LogP contribution in [0, 0.1) is 11.8 Å². The average Bonchev–Trinajstić information content (AvgIpc) is 2.77. The molecule has 0 heterocycles. The van der Waals surface area contributed by atoms with Gasteiger partial charge in [-0.05, 0) is 50.1 Å². The SMILES string of the molecule is CC(Sc1cccc(NC(=O)C2CC=CCC2C(=O)O)c1)C(=O)Nc1cccc(Cl)c1Cl. The largest absolute Gasteiger partial charge is 0.481 e. The number of thioether (sulfide) groups is 1. The summed E-state index contributed by atoms with van der Waals surface area (Å²) in [6.07, 6.45) is 4.36. The molecule has 2 aromatic carbocycles. The first-order valence-corrected chi connectivity index (χ1v) is 11.6. The van der Waals surface area contributed by atoms with E-state index in [1.54, 1.807) is 49.4 Å². The molecule has 2 amide bonds. The van der Waals surface area contributed by atoms with E-state index in [0.717, 1.165) is 4.90 Å². The van der Waals surface area contributed by atoms with Crippen molar-refractivity contribution in [3.63, 3.8) is 0 Å². The summed E-state index contributed by atoms with van der Waals surface area (Å²) in [6.45, 7) is 1.76. The highest BCUT2D eigenvalue weighted by Gasteiger charge is 2.34. The topological polar surface area (TPSA) is 95.5 Å². The van der Waals surface area contributed by atoms with Gasteiger partial charge in [-0.1, -0.05) is 47.5 Å². The lowest BCUT2D eigenvalue weighted by molar-refractivity contribution is -0.146. The summed E-state index contributed by atoms with van der Waals surface area (Å²) in [7, 11) is 0. The van der Waals surface area contributed by atoms with Gasteiger partial charge in [0.15, 0.2) is 0 Å². The standard InChI is InChI=1S/C23H22Cl2N2O4S/c1-13(21(28)27-19-11-5-10-18(24)20(19)25)32-15-7-4-6-14(12-15)26-22(29)16-8-2-3-9-17(16)23(30)31/h2-7,10-13,16-17H,8-9H2,1H3,(H,26,29)(H,27,28)(H,30,31). The first kappa shape index (κ1) is 24.2. The molecule has 0 saturated carbocycles. The van der Waals surface area contributed by atoms with Crippen molar-refractivity contribution in [2.45, 2.75) is 29.9 Å². The van der Waals surface area contributed by atoms with Gasteiger partial charge in [0, 0.05) is 10.6 Å². The quantitative estimate of drug-likeness (QED) is 0.339. The highest BCUT2D eigenvalue weighted by molar-refractivity contribution is 8.00. The minimum atomic E-state index is -0.974. The van der Waals surface area contributed by atoms with E-state index >= 15 is 0 Å². The van der Waals surface area contributed by atoms with Crippen molar-refractivity contribution >= 4 is 64.1 Å². The zero-order valence-electron chi connectivity index (χ0n) is 17.2. The van der Waals surface area contributed by atoms with Gasteiger partial charge in [-0.3, -0.25) is 14.4 Å². The average molecular weight is 493 g/mol. The summed E-state index contributed by atoms with van der Waals surface area (Å²) in [4.78, 5) is 37.5. The van der Waals surface area contributed by atoms with Crippen LogP contribution < -0.4 is 10.6 Å². The zero-order valence-corrected chi connectivity index (χ0v) is 19.5. The highest BCUT2D eigenvalue weighted by atomic mass is 35.5. The van der Waals surface area contributed by atoms with Gasteiger partial charge in [0.2, 0.25) is 11.8 Å². The van der Waals surface area contributed by atoms with Gasteiger partial charge in [0.05, 0.1) is 32.8 Å². The van der Waals surface area contributed by atoms with Crippen LogP contribution in [0.15, 0.2) is 59.5 Å². The van der Waals surface area contributed by atoms with E-state index in [9.17, 15) is 19.5 Å².